The van der Waals surface area contributed by atoms with Crippen molar-refractivity contribution in [3.63, 3.8) is 0 Å². The van der Waals surface area contributed by atoms with Gasteiger partial charge in [0, 0.05) is 19.3 Å². The third-order valence-electron chi connectivity index (χ3n) is 2.07. The molecule has 0 aromatic carbocycles. The molecule has 0 aliphatic carbocycles. The highest BCUT2D eigenvalue weighted by Crippen LogP contribution is 2.10. The molecule has 2 heterocycles. The van der Waals surface area contributed by atoms with Crippen molar-refractivity contribution in [1.29, 1.82) is 0 Å². The van der Waals surface area contributed by atoms with Gasteiger partial charge in [-0.15, -0.1) is 0 Å². The molecule has 0 atom stereocenters. The minimum atomic E-state index is 0.656. The Balaban J connectivity index is 2.25. The lowest BCUT2D eigenvalue weighted by molar-refractivity contribution is 0.0805. The van der Waals surface area contributed by atoms with Crippen LogP contribution in [0.15, 0.2) is 6.20 Å². The molecule has 4 nitrogen and oxygen atoms in total. The van der Waals surface area contributed by atoms with Crippen LogP contribution >= 0.6 is 0 Å². The quantitative estimate of drug-likeness (QED) is 0.680. The molecule has 2 rings (SSSR count). The Hall–Kier alpha value is -0.870. The van der Waals surface area contributed by atoms with Gasteiger partial charge in [0.25, 0.3) is 0 Å². The van der Waals surface area contributed by atoms with Gasteiger partial charge in [-0.05, 0) is 7.05 Å². The second-order valence-corrected chi connectivity index (χ2v) is 2.90. The van der Waals surface area contributed by atoms with E-state index >= 15 is 0 Å². The monoisotopic (exact) mass is 167 g/mol. The number of hydrogen-bond acceptors (Lipinski definition) is 3. The van der Waals surface area contributed by atoms with E-state index in [0.717, 1.165) is 25.5 Å². The number of imidazole rings is 1. The molecule has 0 spiro atoms. The lowest BCUT2D eigenvalue weighted by atomic mass is 10.4. The first-order valence-corrected chi connectivity index (χ1v) is 4.17. The van der Waals surface area contributed by atoms with Crippen molar-refractivity contribution in [2.45, 2.75) is 19.7 Å². The number of hydrogen-bond donors (Lipinski definition) is 1. The van der Waals surface area contributed by atoms with Gasteiger partial charge in [0.2, 0.25) is 0 Å². The van der Waals surface area contributed by atoms with E-state index in [1.54, 1.807) is 0 Å². The molecule has 0 unspecified atom stereocenters. The van der Waals surface area contributed by atoms with Crippen LogP contribution in [0.5, 0.6) is 0 Å². The van der Waals surface area contributed by atoms with Crippen LogP contribution in [0.4, 0.5) is 0 Å². The van der Waals surface area contributed by atoms with E-state index in [0.29, 0.717) is 6.61 Å². The van der Waals surface area contributed by atoms with E-state index in [1.165, 1.54) is 5.69 Å². The maximum absolute atomic E-state index is 5.28. The summed E-state index contributed by atoms with van der Waals surface area (Å²) in [7, 11) is 1.94. The molecule has 1 N–H and O–H groups in total. The average Bonchev–Trinajstić information content (AvgIpc) is 2.50. The van der Waals surface area contributed by atoms with E-state index < -0.39 is 0 Å². The second-order valence-electron chi connectivity index (χ2n) is 2.90. The first kappa shape index (κ1) is 7.76. The highest BCUT2D eigenvalue weighted by Gasteiger charge is 2.12. The van der Waals surface area contributed by atoms with E-state index in [9.17, 15) is 0 Å². The van der Waals surface area contributed by atoms with Crippen molar-refractivity contribution in [3.8, 4) is 0 Å². The fourth-order valence-corrected chi connectivity index (χ4v) is 1.48. The average molecular weight is 167 g/mol. The summed E-state index contributed by atoms with van der Waals surface area (Å²) < 4.78 is 7.51. The maximum Gasteiger partial charge on any atom is 0.135 e. The fraction of sp³-hybridized carbons (Fsp3) is 0.625. The van der Waals surface area contributed by atoms with Crippen LogP contribution in [0, 0.1) is 0 Å². The van der Waals surface area contributed by atoms with Crippen LogP contribution in [-0.4, -0.2) is 23.2 Å². The van der Waals surface area contributed by atoms with Crippen molar-refractivity contribution >= 4 is 0 Å². The van der Waals surface area contributed by atoms with E-state index in [1.807, 2.05) is 13.2 Å². The first-order valence-electron chi connectivity index (χ1n) is 4.17. The Morgan fingerprint density at radius 3 is 3.50 bits per heavy atom. The summed E-state index contributed by atoms with van der Waals surface area (Å²) in [5.74, 6) is 1.05. The molecule has 0 amide bonds. The molecule has 1 aliphatic heterocycles. The van der Waals surface area contributed by atoms with Crippen molar-refractivity contribution < 1.29 is 4.74 Å². The number of ether oxygens (including phenoxy) is 1. The molecule has 1 aromatic rings. The van der Waals surface area contributed by atoms with Crippen molar-refractivity contribution in [2.24, 2.45) is 0 Å². The molecule has 0 saturated carbocycles. The first-order chi connectivity index (χ1) is 5.92. The number of rotatable bonds is 2. The Morgan fingerprint density at radius 2 is 2.67 bits per heavy atom. The third kappa shape index (κ3) is 1.23. The molecule has 12 heavy (non-hydrogen) atoms. The number of fused-ring (bicyclic) bond motifs is 1. The molecule has 0 bridgehead atoms. The van der Waals surface area contributed by atoms with E-state index in [-0.39, 0.29) is 0 Å². The molecule has 0 fully saturated rings. The summed E-state index contributed by atoms with van der Waals surface area (Å²) in [5, 5.41) is 3.12. The van der Waals surface area contributed by atoms with Crippen molar-refractivity contribution in [2.75, 3.05) is 13.7 Å². The smallest absolute Gasteiger partial charge is 0.135 e. The van der Waals surface area contributed by atoms with Gasteiger partial charge in [-0.1, -0.05) is 0 Å². The Kier molecular flexibility index (Phi) is 2.10. The van der Waals surface area contributed by atoms with Crippen molar-refractivity contribution in [3.05, 3.63) is 17.7 Å². The number of nitrogens with zero attached hydrogens (tertiary/aromatic N) is 2. The van der Waals surface area contributed by atoms with E-state index in [2.05, 4.69) is 14.9 Å². The lowest BCUT2D eigenvalue weighted by Gasteiger charge is -2.16. The zero-order valence-electron chi connectivity index (χ0n) is 7.21. The molecular formula is C8H13N3O. The van der Waals surface area contributed by atoms with Crippen LogP contribution in [-0.2, 0) is 24.4 Å². The summed E-state index contributed by atoms with van der Waals surface area (Å²) in [6.07, 6.45) is 1.92. The normalized spacial score (nSPS) is 16.1. The Bertz CT molecular complexity index is 269. The van der Waals surface area contributed by atoms with E-state index in [4.69, 9.17) is 4.74 Å². The van der Waals surface area contributed by atoms with Gasteiger partial charge in [0.15, 0.2) is 0 Å². The minimum Gasteiger partial charge on any atom is -0.372 e. The van der Waals surface area contributed by atoms with Crippen molar-refractivity contribution in [1.82, 2.24) is 14.9 Å². The SMILES string of the molecule is CNCc1cnc2n1CCOC2. The van der Waals surface area contributed by atoms with Crippen LogP contribution in [0.1, 0.15) is 11.5 Å². The molecule has 66 valence electrons. The maximum atomic E-state index is 5.28. The Morgan fingerprint density at radius 1 is 1.75 bits per heavy atom. The standard InChI is InChI=1S/C8H13N3O/c1-9-4-7-5-10-8-6-12-3-2-11(7)8/h5,9H,2-4,6H2,1H3. The van der Waals surface area contributed by atoms with Gasteiger partial charge in [0.05, 0.1) is 12.3 Å². The summed E-state index contributed by atoms with van der Waals surface area (Å²) in [4.78, 5) is 4.27. The zero-order valence-corrected chi connectivity index (χ0v) is 7.21. The topological polar surface area (TPSA) is 39.1 Å². The fourth-order valence-electron chi connectivity index (χ4n) is 1.48. The predicted molar refractivity (Wildman–Crippen MR) is 44.6 cm³/mol. The highest BCUT2D eigenvalue weighted by atomic mass is 16.5. The Labute approximate surface area is 71.6 Å². The van der Waals surface area contributed by atoms with Gasteiger partial charge in [-0.25, -0.2) is 4.98 Å². The molecule has 0 saturated heterocycles. The van der Waals surface area contributed by atoms with Gasteiger partial charge >= 0.3 is 0 Å². The van der Waals surface area contributed by atoms with Gasteiger partial charge in [-0.2, -0.15) is 0 Å². The summed E-state index contributed by atoms with van der Waals surface area (Å²) in [6.45, 7) is 3.28. The third-order valence-corrected chi connectivity index (χ3v) is 2.07. The minimum absolute atomic E-state index is 0.656. The summed E-state index contributed by atoms with van der Waals surface area (Å²) >= 11 is 0. The van der Waals surface area contributed by atoms with Gasteiger partial charge in [-0.3, -0.25) is 0 Å². The van der Waals surface area contributed by atoms with Crippen LogP contribution < -0.4 is 5.32 Å². The van der Waals surface area contributed by atoms with Crippen LogP contribution in [0.3, 0.4) is 0 Å². The molecule has 1 aliphatic rings. The highest BCUT2D eigenvalue weighted by molar-refractivity contribution is 5.05. The van der Waals surface area contributed by atoms with Crippen LogP contribution in [0.25, 0.3) is 0 Å². The molecular weight excluding hydrogens is 154 g/mol. The van der Waals surface area contributed by atoms with Gasteiger partial charge < -0.3 is 14.6 Å². The second kappa shape index (κ2) is 3.25. The number of nitrogens with one attached hydrogen (secondary N) is 1. The summed E-state index contributed by atoms with van der Waals surface area (Å²) in [6, 6.07) is 0. The zero-order chi connectivity index (χ0) is 8.39. The molecule has 1 aromatic heterocycles. The molecule has 4 heteroatoms. The lowest BCUT2D eigenvalue weighted by Crippen LogP contribution is -2.20. The molecule has 0 radical (unpaired) electrons. The predicted octanol–water partition coefficient (Wildman–Crippen LogP) is 0.133. The van der Waals surface area contributed by atoms with Crippen LogP contribution in [0.2, 0.25) is 0 Å². The summed E-state index contributed by atoms with van der Waals surface area (Å²) in [5.41, 5.74) is 1.25. The van der Waals surface area contributed by atoms with Gasteiger partial charge in [0.1, 0.15) is 12.4 Å². The largest absolute Gasteiger partial charge is 0.372 e. The number of aromatic nitrogens is 2.